The van der Waals surface area contributed by atoms with Gasteiger partial charge in [-0.05, 0) is 25.3 Å². The number of hydrogen-bond acceptors (Lipinski definition) is 6. The average Bonchev–Trinajstić information content (AvgIpc) is 3.16. The topological polar surface area (TPSA) is 128 Å². The van der Waals surface area contributed by atoms with Gasteiger partial charge in [-0.25, -0.2) is 4.79 Å². The summed E-state index contributed by atoms with van der Waals surface area (Å²) in [7, 11) is 0. The zero-order chi connectivity index (χ0) is 20.5. The summed E-state index contributed by atoms with van der Waals surface area (Å²) in [6.45, 7) is 2.25. The quantitative estimate of drug-likeness (QED) is 0.628. The highest BCUT2D eigenvalue weighted by Crippen LogP contribution is 2.19. The molecule has 3 N–H and O–H groups in total. The van der Waals surface area contributed by atoms with E-state index in [0.717, 1.165) is 5.56 Å². The van der Waals surface area contributed by atoms with E-state index in [2.05, 4.69) is 5.32 Å². The van der Waals surface area contributed by atoms with E-state index in [1.54, 1.807) is 6.92 Å². The van der Waals surface area contributed by atoms with Gasteiger partial charge in [-0.2, -0.15) is 0 Å². The maximum Gasteiger partial charge on any atom is 0.410 e. The zero-order valence-electron chi connectivity index (χ0n) is 15.8. The highest BCUT2D eigenvalue weighted by atomic mass is 16.6. The van der Waals surface area contributed by atoms with Crippen LogP contribution in [0.4, 0.5) is 4.79 Å². The number of hydrogen-bond donors (Lipinski definition) is 2. The van der Waals surface area contributed by atoms with Crippen molar-refractivity contribution >= 4 is 23.9 Å². The summed E-state index contributed by atoms with van der Waals surface area (Å²) in [6, 6.07) is 7.20. The van der Waals surface area contributed by atoms with Crippen LogP contribution in [0, 0.1) is 0 Å². The van der Waals surface area contributed by atoms with Crippen molar-refractivity contribution in [2.75, 3.05) is 13.2 Å². The predicted molar refractivity (Wildman–Crippen MR) is 98.7 cm³/mol. The summed E-state index contributed by atoms with van der Waals surface area (Å²) in [5.74, 6) is -2.04. The van der Waals surface area contributed by atoms with Crippen molar-refractivity contribution in [1.82, 2.24) is 10.2 Å². The molecule has 0 saturated carbocycles. The minimum absolute atomic E-state index is 0.0945. The molecule has 0 unspecified atom stereocenters. The molecule has 28 heavy (non-hydrogen) atoms. The summed E-state index contributed by atoms with van der Waals surface area (Å²) < 4.78 is 10.1. The molecule has 3 amide bonds. The largest absolute Gasteiger partial charge is 0.466 e. The van der Waals surface area contributed by atoms with Gasteiger partial charge in [0.2, 0.25) is 11.8 Å². The maximum absolute atomic E-state index is 12.6. The fourth-order valence-corrected chi connectivity index (χ4v) is 2.94. The number of nitrogens with two attached hydrogens (primary N) is 1. The van der Waals surface area contributed by atoms with Crippen molar-refractivity contribution in [3.05, 3.63) is 35.9 Å². The van der Waals surface area contributed by atoms with Crippen molar-refractivity contribution in [3.8, 4) is 0 Å². The van der Waals surface area contributed by atoms with Crippen LogP contribution in [0.2, 0.25) is 0 Å². The van der Waals surface area contributed by atoms with Gasteiger partial charge >= 0.3 is 12.1 Å². The van der Waals surface area contributed by atoms with E-state index < -0.39 is 36.0 Å². The Hall–Kier alpha value is -3.10. The Kier molecular flexibility index (Phi) is 7.79. The van der Waals surface area contributed by atoms with Crippen LogP contribution in [0.1, 0.15) is 31.7 Å². The second-order valence-corrected chi connectivity index (χ2v) is 6.36. The fourth-order valence-electron chi connectivity index (χ4n) is 2.94. The van der Waals surface area contributed by atoms with Gasteiger partial charge in [0, 0.05) is 6.54 Å². The third kappa shape index (κ3) is 5.97. The van der Waals surface area contributed by atoms with Crippen molar-refractivity contribution in [1.29, 1.82) is 0 Å². The van der Waals surface area contributed by atoms with Gasteiger partial charge in [0.25, 0.3) is 0 Å². The summed E-state index contributed by atoms with van der Waals surface area (Å²) >= 11 is 0. The average molecular weight is 391 g/mol. The van der Waals surface area contributed by atoms with Crippen LogP contribution in [-0.4, -0.2) is 54.0 Å². The lowest BCUT2D eigenvalue weighted by molar-refractivity contribution is -0.145. The van der Waals surface area contributed by atoms with E-state index in [0.29, 0.717) is 19.4 Å². The molecule has 2 rings (SSSR count). The van der Waals surface area contributed by atoms with Gasteiger partial charge in [0.1, 0.15) is 18.7 Å². The summed E-state index contributed by atoms with van der Waals surface area (Å²) in [6.07, 6.45) is 0.0806. The van der Waals surface area contributed by atoms with Gasteiger partial charge in [0.05, 0.1) is 13.0 Å². The van der Waals surface area contributed by atoms with E-state index in [4.69, 9.17) is 15.2 Å². The molecule has 2 atom stereocenters. The third-order valence-electron chi connectivity index (χ3n) is 4.33. The number of carbonyl (C=O) groups is 4. The molecular weight excluding hydrogens is 366 g/mol. The van der Waals surface area contributed by atoms with Gasteiger partial charge < -0.3 is 20.5 Å². The lowest BCUT2D eigenvalue weighted by Gasteiger charge is -2.25. The van der Waals surface area contributed by atoms with Crippen LogP contribution in [0.5, 0.6) is 0 Å². The van der Waals surface area contributed by atoms with Crippen LogP contribution in [-0.2, 0) is 30.5 Å². The van der Waals surface area contributed by atoms with Crippen molar-refractivity contribution < 1.29 is 28.7 Å². The van der Waals surface area contributed by atoms with Crippen LogP contribution in [0.25, 0.3) is 0 Å². The number of likely N-dealkylation sites (tertiary alicyclic amines) is 1. The first-order valence-electron chi connectivity index (χ1n) is 9.15. The Morgan fingerprint density at radius 3 is 2.57 bits per heavy atom. The number of rotatable bonds is 8. The number of ether oxygens (including phenoxy) is 2. The Balaban J connectivity index is 1.94. The first kappa shape index (κ1) is 21.2. The second-order valence-electron chi connectivity index (χ2n) is 6.36. The molecule has 1 saturated heterocycles. The highest BCUT2D eigenvalue weighted by Gasteiger charge is 2.37. The number of nitrogens with zero attached hydrogens (tertiary/aromatic N) is 1. The molecule has 0 bridgehead atoms. The lowest BCUT2D eigenvalue weighted by Crippen LogP contribution is -2.53. The van der Waals surface area contributed by atoms with Crippen molar-refractivity contribution in [2.24, 2.45) is 5.73 Å². The molecular formula is C19H25N3O6. The van der Waals surface area contributed by atoms with E-state index >= 15 is 0 Å². The number of carbonyl (C=O) groups excluding carboxylic acids is 4. The smallest absolute Gasteiger partial charge is 0.410 e. The Labute approximate surface area is 163 Å². The summed E-state index contributed by atoms with van der Waals surface area (Å²) in [4.78, 5) is 49.4. The molecule has 1 heterocycles. The predicted octanol–water partition coefficient (Wildman–Crippen LogP) is 0.711. The van der Waals surface area contributed by atoms with Gasteiger partial charge in [-0.15, -0.1) is 0 Å². The van der Waals surface area contributed by atoms with E-state index in [1.165, 1.54) is 4.90 Å². The molecule has 0 spiro atoms. The van der Waals surface area contributed by atoms with Crippen LogP contribution < -0.4 is 11.1 Å². The third-order valence-corrected chi connectivity index (χ3v) is 4.33. The second kappa shape index (κ2) is 10.3. The van der Waals surface area contributed by atoms with Crippen LogP contribution >= 0.6 is 0 Å². The zero-order valence-corrected chi connectivity index (χ0v) is 15.8. The Bertz CT molecular complexity index is 709. The monoisotopic (exact) mass is 391 g/mol. The summed E-state index contributed by atoms with van der Waals surface area (Å²) in [5, 5.41) is 2.44. The molecule has 1 aromatic carbocycles. The highest BCUT2D eigenvalue weighted by molar-refractivity contribution is 5.93. The molecule has 1 fully saturated rings. The molecule has 0 radical (unpaired) electrons. The molecule has 0 aromatic heterocycles. The number of amides is 3. The van der Waals surface area contributed by atoms with E-state index in [9.17, 15) is 19.2 Å². The number of primary amides is 1. The van der Waals surface area contributed by atoms with E-state index in [1.807, 2.05) is 30.3 Å². The number of nitrogens with one attached hydrogen (secondary N) is 1. The molecule has 9 nitrogen and oxygen atoms in total. The van der Waals surface area contributed by atoms with Gasteiger partial charge in [-0.1, -0.05) is 30.3 Å². The standard InChI is InChI=1S/C19H25N3O6/c1-2-27-16(23)11-14(17(20)24)21-18(25)15-9-6-10-22(15)19(26)28-12-13-7-4-3-5-8-13/h3-5,7-8,14-15H,2,6,9-12H2,1H3,(H2,20,24)(H,21,25)/t14-,15+/m0/s1. The lowest BCUT2D eigenvalue weighted by atomic mass is 10.1. The van der Waals surface area contributed by atoms with E-state index in [-0.39, 0.29) is 19.6 Å². The molecule has 1 aromatic rings. The van der Waals surface area contributed by atoms with Gasteiger partial charge in [0.15, 0.2) is 0 Å². The first-order chi connectivity index (χ1) is 13.4. The van der Waals surface area contributed by atoms with Crippen molar-refractivity contribution in [3.63, 3.8) is 0 Å². The fraction of sp³-hybridized carbons (Fsp3) is 0.474. The maximum atomic E-state index is 12.6. The number of benzene rings is 1. The van der Waals surface area contributed by atoms with Crippen molar-refractivity contribution in [2.45, 2.75) is 44.9 Å². The molecule has 1 aliphatic heterocycles. The molecule has 152 valence electrons. The SMILES string of the molecule is CCOC(=O)C[C@H](NC(=O)[C@H]1CCCN1C(=O)OCc1ccccc1)C(N)=O. The van der Waals surface area contributed by atoms with Gasteiger partial charge in [-0.3, -0.25) is 19.3 Å². The van der Waals surface area contributed by atoms with Crippen LogP contribution in [0.15, 0.2) is 30.3 Å². The summed E-state index contributed by atoms with van der Waals surface area (Å²) in [5.41, 5.74) is 6.10. The minimum Gasteiger partial charge on any atom is -0.466 e. The number of esters is 1. The Morgan fingerprint density at radius 2 is 1.93 bits per heavy atom. The molecule has 1 aliphatic rings. The normalized spacial score (nSPS) is 16.9. The Morgan fingerprint density at radius 1 is 1.21 bits per heavy atom. The molecule has 9 heteroatoms. The minimum atomic E-state index is -1.20. The first-order valence-corrected chi connectivity index (χ1v) is 9.15. The van der Waals surface area contributed by atoms with Crippen LogP contribution in [0.3, 0.4) is 0 Å². The molecule has 0 aliphatic carbocycles.